The second-order valence-electron chi connectivity index (χ2n) is 6.07. The summed E-state index contributed by atoms with van der Waals surface area (Å²) in [6, 6.07) is 13.0. The molecule has 6 heteroatoms. The van der Waals surface area contributed by atoms with E-state index < -0.39 is 0 Å². The van der Waals surface area contributed by atoms with Gasteiger partial charge in [-0.05, 0) is 30.9 Å². The Labute approximate surface area is 152 Å². The number of ether oxygens (including phenoxy) is 2. The number of carbonyl (C=O) groups excluding carboxylic acids is 1. The van der Waals surface area contributed by atoms with Crippen molar-refractivity contribution in [3.8, 4) is 11.5 Å². The molecule has 2 aromatic rings. The number of hydrogen-bond acceptors (Lipinski definition) is 3. The van der Waals surface area contributed by atoms with Crippen LogP contribution in [0.1, 0.15) is 24.8 Å². The number of rotatable bonds is 5. The van der Waals surface area contributed by atoms with E-state index in [4.69, 9.17) is 21.1 Å². The molecule has 0 spiro atoms. The van der Waals surface area contributed by atoms with E-state index in [9.17, 15) is 4.79 Å². The summed E-state index contributed by atoms with van der Waals surface area (Å²) >= 11 is 6.16. The maximum absolute atomic E-state index is 12.6. The van der Waals surface area contributed by atoms with Gasteiger partial charge in [-0.2, -0.15) is 0 Å². The monoisotopic (exact) mass is 360 g/mol. The fourth-order valence-corrected chi connectivity index (χ4v) is 3.34. The lowest BCUT2D eigenvalue weighted by Gasteiger charge is -2.43. The molecule has 0 aromatic heterocycles. The average molecular weight is 361 g/mol. The molecule has 0 saturated heterocycles. The first-order valence-electron chi connectivity index (χ1n) is 8.14. The fourth-order valence-electron chi connectivity index (χ4n) is 3.10. The Morgan fingerprint density at radius 1 is 1.08 bits per heavy atom. The molecule has 5 nitrogen and oxygen atoms in total. The van der Waals surface area contributed by atoms with Gasteiger partial charge in [-0.25, -0.2) is 4.79 Å². The van der Waals surface area contributed by atoms with Crippen molar-refractivity contribution in [2.45, 2.75) is 24.8 Å². The van der Waals surface area contributed by atoms with Gasteiger partial charge in [-0.15, -0.1) is 0 Å². The van der Waals surface area contributed by atoms with E-state index in [1.807, 2.05) is 30.3 Å². The smallest absolute Gasteiger partial charge is 0.320 e. The quantitative estimate of drug-likeness (QED) is 0.821. The summed E-state index contributed by atoms with van der Waals surface area (Å²) < 4.78 is 10.5. The Morgan fingerprint density at radius 2 is 1.76 bits per heavy atom. The number of anilines is 1. The average Bonchev–Trinajstić information content (AvgIpc) is 2.59. The number of nitrogens with one attached hydrogen (secondary N) is 2. The van der Waals surface area contributed by atoms with E-state index >= 15 is 0 Å². The Hall–Kier alpha value is -2.40. The van der Waals surface area contributed by atoms with Crippen LogP contribution in [0.25, 0.3) is 0 Å². The minimum absolute atomic E-state index is 0.289. The number of methoxy groups -OCH3 is 2. The minimum atomic E-state index is -0.311. The van der Waals surface area contributed by atoms with Gasteiger partial charge in [-0.1, -0.05) is 41.9 Å². The van der Waals surface area contributed by atoms with Gasteiger partial charge in [0, 0.05) is 6.07 Å². The molecule has 132 valence electrons. The Morgan fingerprint density at radius 3 is 2.32 bits per heavy atom. The number of carbonyl (C=O) groups is 1. The van der Waals surface area contributed by atoms with Gasteiger partial charge in [-0.3, -0.25) is 0 Å². The molecule has 1 aliphatic rings. The fraction of sp³-hybridized carbons (Fsp3) is 0.316. The molecule has 2 amide bonds. The zero-order valence-corrected chi connectivity index (χ0v) is 15.0. The second-order valence-corrected chi connectivity index (χ2v) is 6.48. The zero-order chi connectivity index (χ0) is 17.9. The van der Waals surface area contributed by atoms with Crippen LogP contribution < -0.4 is 20.1 Å². The SMILES string of the molecule is COc1cc(OC)c(NC(=O)NC2(c3ccccc3)CCC2)cc1Cl. The number of hydrogen-bond donors (Lipinski definition) is 2. The molecule has 0 radical (unpaired) electrons. The summed E-state index contributed by atoms with van der Waals surface area (Å²) in [5, 5.41) is 6.35. The van der Waals surface area contributed by atoms with Crippen molar-refractivity contribution in [1.29, 1.82) is 0 Å². The number of amides is 2. The molecule has 1 aliphatic carbocycles. The first-order chi connectivity index (χ1) is 12.1. The molecule has 2 N–H and O–H groups in total. The first-order valence-corrected chi connectivity index (χ1v) is 8.52. The van der Waals surface area contributed by atoms with Gasteiger partial charge >= 0.3 is 6.03 Å². The molecule has 3 rings (SSSR count). The number of benzene rings is 2. The van der Waals surface area contributed by atoms with Crippen molar-refractivity contribution in [1.82, 2.24) is 5.32 Å². The topological polar surface area (TPSA) is 59.6 Å². The van der Waals surface area contributed by atoms with Gasteiger partial charge < -0.3 is 20.1 Å². The minimum Gasteiger partial charge on any atom is -0.495 e. The lowest BCUT2D eigenvalue weighted by molar-refractivity contribution is 0.185. The third kappa shape index (κ3) is 3.51. The Balaban J connectivity index is 1.78. The molecular formula is C19H21ClN2O3. The maximum atomic E-state index is 12.6. The number of halogens is 1. The lowest BCUT2D eigenvalue weighted by Crippen LogP contribution is -2.52. The van der Waals surface area contributed by atoms with Gasteiger partial charge in [0.05, 0.1) is 30.5 Å². The summed E-state index contributed by atoms with van der Waals surface area (Å²) in [7, 11) is 3.06. The third-order valence-electron chi connectivity index (χ3n) is 4.61. The van der Waals surface area contributed by atoms with Gasteiger partial charge in [0.2, 0.25) is 0 Å². The van der Waals surface area contributed by atoms with Crippen molar-refractivity contribution in [2.24, 2.45) is 0 Å². The van der Waals surface area contributed by atoms with Crippen molar-refractivity contribution in [2.75, 3.05) is 19.5 Å². The van der Waals surface area contributed by atoms with Crippen molar-refractivity contribution in [3.63, 3.8) is 0 Å². The normalized spacial score (nSPS) is 15.0. The third-order valence-corrected chi connectivity index (χ3v) is 4.90. The lowest BCUT2D eigenvalue weighted by atomic mass is 9.72. The van der Waals surface area contributed by atoms with Crippen molar-refractivity contribution >= 4 is 23.3 Å². The summed E-state index contributed by atoms with van der Waals surface area (Å²) in [6.45, 7) is 0. The first kappa shape index (κ1) is 17.4. The molecule has 2 aromatic carbocycles. The Bertz CT molecular complexity index is 761. The summed E-state index contributed by atoms with van der Waals surface area (Å²) in [6.07, 6.45) is 2.93. The van der Waals surface area contributed by atoms with E-state index in [1.54, 1.807) is 12.1 Å². The van der Waals surface area contributed by atoms with E-state index in [0.717, 1.165) is 24.8 Å². The van der Waals surface area contributed by atoms with Crippen LogP contribution in [0.4, 0.5) is 10.5 Å². The maximum Gasteiger partial charge on any atom is 0.320 e. The van der Waals surface area contributed by atoms with Crippen LogP contribution >= 0.6 is 11.6 Å². The summed E-state index contributed by atoms with van der Waals surface area (Å²) in [5.41, 5.74) is 1.30. The van der Waals surface area contributed by atoms with Crippen LogP contribution in [0.3, 0.4) is 0 Å². The predicted octanol–water partition coefficient (Wildman–Crippen LogP) is 4.56. The molecule has 0 bridgehead atoms. The van der Waals surface area contributed by atoms with Crippen molar-refractivity contribution in [3.05, 3.63) is 53.1 Å². The molecule has 0 unspecified atom stereocenters. The molecule has 1 saturated carbocycles. The Kier molecular flexibility index (Phi) is 5.04. The van der Waals surface area contributed by atoms with Gasteiger partial charge in [0.25, 0.3) is 0 Å². The van der Waals surface area contributed by atoms with Crippen LogP contribution in [-0.4, -0.2) is 20.3 Å². The predicted molar refractivity (Wildman–Crippen MR) is 98.7 cm³/mol. The molecule has 25 heavy (non-hydrogen) atoms. The highest BCUT2D eigenvalue weighted by Gasteiger charge is 2.40. The summed E-state index contributed by atoms with van der Waals surface area (Å²) in [4.78, 5) is 12.6. The van der Waals surface area contributed by atoms with Crippen LogP contribution in [0.2, 0.25) is 5.02 Å². The molecule has 0 atom stereocenters. The largest absolute Gasteiger partial charge is 0.495 e. The zero-order valence-electron chi connectivity index (χ0n) is 14.3. The highest BCUT2D eigenvalue weighted by molar-refractivity contribution is 6.32. The van der Waals surface area contributed by atoms with Gasteiger partial charge in [0.1, 0.15) is 11.5 Å². The van der Waals surface area contributed by atoms with Crippen LogP contribution in [-0.2, 0) is 5.54 Å². The molecule has 0 heterocycles. The molecule has 1 fully saturated rings. The molecule has 0 aliphatic heterocycles. The van der Waals surface area contributed by atoms with E-state index in [-0.39, 0.29) is 11.6 Å². The summed E-state index contributed by atoms with van der Waals surface area (Å²) in [5.74, 6) is 0.975. The van der Waals surface area contributed by atoms with E-state index in [1.165, 1.54) is 14.2 Å². The standard InChI is InChI=1S/C19H21ClN2O3/c1-24-16-12-17(25-2)15(11-14(16)20)21-18(23)22-19(9-6-10-19)13-7-4-3-5-8-13/h3-5,7-8,11-12H,6,9-10H2,1-2H3,(H2,21,22,23). The highest BCUT2D eigenvalue weighted by Crippen LogP contribution is 2.41. The van der Waals surface area contributed by atoms with Crippen LogP contribution in [0, 0.1) is 0 Å². The second kappa shape index (κ2) is 7.23. The van der Waals surface area contributed by atoms with Crippen LogP contribution in [0.15, 0.2) is 42.5 Å². The van der Waals surface area contributed by atoms with E-state index in [2.05, 4.69) is 10.6 Å². The van der Waals surface area contributed by atoms with Gasteiger partial charge in [0.15, 0.2) is 0 Å². The number of urea groups is 1. The van der Waals surface area contributed by atoms with Crippen molar-refractivity contribution < 1.29 is 14.3 Å². The van der Waals surface area contributed by atoms with E-state index in [0.29, 0.717) is 22.2 Å². The molecular weight excluding hydrogens is 340 g/mol. The van der Waals surface area contributed by atoms with Crippen LogP contribution in [0.5, 0.6) is 11.5 Å². The highest BCUT2D eigenvalue weighted by atomic mass is 35.5.